The quantitative estimate of drug-likeness (QED) is 0.843. The van der Waals surface area contributed by atoms with E-state index in [1.807, 2.05) is 7.05 Å². The van der Waals surface area contributed by atoms with Gasteiger partial charge in [-0.05, 0) is 18.7 Å². The Hall–Kier alpha value is -1.75. The summed E-state index contributed by atoms with van der Waals surface area (Å²) < 4.78 is 15.3. The first kappa shape index (κ1) is 10.8. The van der Waals surface area contributed by atoms with E-state index in [1.54, 1.807) is 22.8 Å². The Labute approximate surface area is 92.9 Å². The van der Waals surface area contributed by atoms with E-state index in [1.165, 1.54) is 6.07 Å². The predicted octanol–water partition coefficient (Wildman–Crippen LogP) is 1.12. The van der Waals surface area contributed by atoms with Gasteiger partial charge in [-0.3, -0.25) is 0 Å². The molecule has 16 heavy (non-hydrogen) atoms. The van der Waals surface area contributed by atoms with Gasteiger partial charge in [0.2, 0.25) is 0 Å². The number of hydrogen-bond acceptors (Lipinski definition) is 3. The van der Waals surface area contributed by atoms with Crippen LogP contribution in [0.1, 0.15) is 5.82 Å². The second-order valence-corrected chi connectivity index (χ2v) is 3.52. The van der Waals surface area contributed by atoms with Crippen LogP contribution in [0.5, 0.6) is 0 Å². The van der Waals surface area contributed by atoms with E-state index in [9.17, 15) is 4.39 Å². The van der Waals surface area contributed by atoms with Crippen LogP contribution in [0.2, 0.25) is 0 Å². The van der Waals surface area contributed by atoms with E-state index in [2.05, 4.69) is 10.2 Å². The molecule has 0 unspecified atom stereocenters. The molecule has 0 fully saturated rings. The second kappa shape index (κ2) is 4.40. The van der Waals surface area contributed by atoms with Crippen molar-refractivity contribution in [1.29, 1.82) is 0 Å². The maximum Gasteiger partial charge on any atom is 0.166 e. The van der Waals surface area contributed by atoms with Crippen LogP contribution in [0.15, 0.2) is 24.3 Å². The van der Waals surface area contributed by atoms with Gasteiger partial charge in [0, 0.05) is 13.5 Å². The molecule has 0 atom stereocenters. The van der Waals surface area contributed by atoms with Crippen LogP contribution in [-0.2, 0) is 13.5 Å². The topological polar surface area (TPSA) is 56.7 Å². The van der Waals surface area contributed by atoms with Crippen LogP contribution in [0.3, 0.4) is 0 Å². The highest BCUT2D eigenvalue weighted by Gasteiger charge is 2.12. The van der Waals surface area contributed by atoms with Gasteiger partial charge in [0.25, 0.3) is 0 Å². The molecule has 0 saturated carbocycles. The van der Waals surface area contributed by atoms with Gasteiger partial charge >= 0.3 is 0 Å². The highest BCUT2D eigenvalue weighted by Crippen LogP contribution is 2.20. The van der Waals surface area contributed by atoms with Crippen molar-refractivity contribution in [2.75, 3.05) is 6.54 Å². The molecule has 5 heteroatoms. The Bertz CT molecular complexity index is 492. The van der Waals surface area contributed by atoms with Crippen LogP contribution in [-0.4, -0.2) is 21.3 Å². The molecule has 1 aromatic heterocycles. The molecule has 2 rings (SSSR count). The van der Waals surface area contributed by atoms with Gasteiger partial charge in [-0.15, -0.1) is 10.2 Å². The maximum atomic E-state index is 13.5. The van der Waals surface area contributed by atoms with Crippen LogP contribution in [0, 0.1) is 5.82 Å². The third-order valence-electron chi connectivity index (χ3n) is 2.45. The Morgan fingerprint density at radius 2 is 2.06 bits per heavy atom. The van der Waals surface area contributed by atoms with E-state index < -0.39 is 0 Å². The predicted molar refractivity (Wildman–Crippen MR) is 59.2 cm³/mol. The van der Waals surface area contributed by atoms with Crippen molar-refractivity contribution >= 4 is 0 Å². The molecule has 0 radical (unpaired) electrons. The first-order valence-electron chi connectivity index (χ1n) is 5.07. The summed E-state index contributed by atoms with van der Waals surface area (Å²) in [7, 11) is 1.81. The van der Waals surface area contributed by atoms with Gasteiger partial charge in [-0.25, -0.2) is 4.39 Å². The Morgan fingerprint density at radius 3 is 2.75 bits per heavy atom. The molecule has 0 amide bonds. The fourth-order valence-electron chi connectivity index (χ4n) is 1.59. The molecule has 0 aliphatic heterocycles. The highest BCUT2D eigenvalue weighted by atomic mass is 19.1. The SMILES string of the molecule is Cn1c(CCN)nnc1-c1ccccc1F. The first-order chi connectivity index (χ1) is 7.74. The van der Waals surface area contributed by atoms with Crippen molar-refractivity contribution in [1.82, 2.24) is 14.8 Å². The summed E-state index contributed by atoms with van der Waals surface area (Å²) in [6.07, 6.45) is 0.637. The standard InChI is InChI=1S/C11H13FN4/c1-16-10(6-7-13)14-15-11(16)8-4-2-3-5-9(8)12/h2-5H,6-7,13H2,1H3. The molecule has 4 nitrogen and oxygen atoms in total. The summed E-state index contributed by atoms with van der Waals surface area (Å²) in [6.45, 7) is 0.503. The van der Waals surface area contributed by atoms with Gasteiger partial charge in [0.15, 0.2) is 5.82 Å². The smallest absolute Gasteiger partial charge is 0.166 e. The summed E-state index contributed by atoms with van der Waals surface area (Å²) in [4.78, 5) is 0. The van der Waals surface area contributed by atoms with E-state index in [4.69, 9.17) is 5.73 Å². The lowest BCUT2D eigenvalue weighted by Crippen LogP contribution is -2.08. The molecule has 1 heterocycles. The Kier molecular flexibility index (Phi) is 2.96. The summed E-state index contributed by atoms with van der Waals surface area (Å²) >= 11 is 0. The molecule has 0 saturated heterocycles. The van der Waals surface area contributed by atoms with Crippen molar-refractivity contribution in [3.8, 4) is 11.4 Å². The maximum absolute atomic E-state index is 13.5. The number of benzene rings is 1. The van der Waals surface area contributed by atoms with Gasteiger partial charge in [-0.1, -0.05) is 12.1 Å². The number of halogens is 1. The van der Waals surface area contributed by atoms with Gasteiger partial charge in [-0.2, -0.15) is 0 Å². The lowest BCUT2D eigenvalue weighted by Gasteiger charge is -2.03. The Balaban J connectivity index is 2.45. The zero-order valence-corrected chi connectivity index (χ0v) is 9.02. The molecule has 0 aliphatic carbocycles. The van der Waals surface area contributed by atoms with Crippen LogP contribution in [0.25, 0.3) is 11.4 Å². The minimum Gasteiger partial charge on any atom is -0.330 e. The monoisotopic (exact) mass is 220 g/mol. The first-order valence-corrected chi connectivity index (χ1v) is 5.07. The molecular formula is C11H13FN4. The lowest BCUT2D eigenvalue weighted by molar-refractivity contribution is 0.628. The van der Waals surface area contributed by atoms with Gasteiger partial charge in [0.1, 0.15) is 11.6 Å². The van der Waals surface area contributed by atoms with E-state index in [0.29, 0.717) is 24.4 Å². The normalized spacial score (nSPS) is 10.7. The summed E-state index contributed by atoms with van der Waals surface area (Å²) in [5, 5.41) is 7.97. The van der Waals surface area contributed by atoms with Crippen LogP contribution < -0.4 is 5.73 Å². The molecule has 84 valence electrons. The largest absolute Gasteiger partial charge is 0.330 e. The molecule has 1 aromatic carbocycles. The van der Waals surface area contributed by atoms with E-state index in [0.717, 1.165) is 5.82 Å². The third-order valence-corrected chi connectivity index (χ3v) is 2.45. The van der Waals surface area contributed by atoms with Crippen molar-refractivity contribution in [3.05, 3.63) is 35.9 Å². The van der Waals surface area contributed by atoms with Crippen LogP contribution >= 0.6 is 0 Å². The molecular weight excluding hydrogens is 207 g/mol. The molecule has 0 aliphatic rings. The molecule has 2 aromatic rings. The highest BCUT2D eigenvalue weighted by molar-refractivity contribution is 5.55. The Morgan fingerprint density at radius 1 is 1.31 bits per heavy atom. The fourth-order valence-corrected chi connectivity index (χ4v) is 1.59. The second-order valence-electron chi connectivity index (χ2n) is 3.52. The minimum absolute atomic E-state index is 0.294. The van der Waals surface area contributed by atoms with Crippen molar-refractivity contribution in [3.63, 3.8) is 0 Å². The van der Waals surface area contributed by atoms with Crippen molar-refractivity contribution in [2.24, 2.45) is 12.8 Å². The number of nitrogens with zero attached hydrogens (tertiary/aromatic N) is 3. The van der Waals surface area contributed by atoms with E-state index >= 15 is 0 Å². The lowest BCUT2D eigenvalue weighted by atomic mass is 10.2. The van der Waals surface area contributed by atoms with Crippen LogP contribution in [0.4, 0.5) is 4.39 Å². The third kappa shape index (κ3) is 1.81. The zero-order chi connectivity index (χ0) is 11.5. The van der Waals surface area contributed by atoms with Gasteiger partial charge in [0.05, 0.1) is 5.56 Å². The number of hydrogen-bond donors (Lipinski definition) is 1. The van der Waals surface area contributed by atoms with Crippen molar-refractivity contribution in [2.45, 2.75) is 6.42 Å². The van der Waals surface area contributed by atoms with Gasteiger partial charge < -0.3 is 10.3 Å². The summed E-state index contributed by atoms with van der Waals surface area (Å²) in [5.41, 5.74) is 5.91. The summed E-state index contributed by atoms with van der Waals surface area (Å²) in [5.74, 6) is 1.000. The van der Waals surface area contributed by atoms with Crippen molar-refractivity contribution < 1.29 is 4.39 Å². The molecule has 0 bridgehead atoms. The molecule has 0 spiro atoms. The average molecular weight is 220 g/mol. The molecule has 2 N–H and O–H groups in total. The average Bonchev–Trinajstić information content (AvgIpc) is 2.62. The fraction of sp³-hybridized carbons (Fsp3) is 0.273. The number of aromatic nitrogens is 3. The van der Waals surface area contributed by atoms with E-state index in [-0.39, 0.29) is 5.82 Å². The number of rotatable bonds is 3. The number of nitrogens with two attached hydrogens (primary N) is 1. The minimum atomic E-state index is -0.294. The summed E-state index contributed by atoms with van der Waals surface area (Å²) in [6, 6.07) is 6.52. The zero-order valence-electron chi connectivity index (χ0n) is 9.02.